The second-order valence-electron chi connectivity index (χ2n) is 20.8. The van der Waals surface area contributed by atoms with Gasteiger partial charge >= 0.3 is 18.1 Å². The Kier molecular flexibility index (Phi) is 21.1. The van der Waals surface area contributed by atoms with Gasteiger partial charge in [-0.25, -0.2) is 27.7 Å². The van der Waals surface area contributed by atoms with Crippen LogP contribution < -0.4 is 32.7 Å². The third-order valence-electron chi connectivity index (χ3n) is 13.0. The van der Waals surface area contributed by atoms with Gasteiger partial charge in [0, 0.05) is 56.0 Å². The van der Waals surface area contributed by atoms with Crippen LogP contribution in [0.2, 0.25) is 0 Å². The first-order valence-corrected chi connectivity index (χ1v) is 25.4. The Hall–Kier alpha value is -7.53. The maximum atomic E-state index is 16.2. The summed E-state index contributed by atoms with van der Waals surface area (Å²) in [5.74, 6) is -6.15. The molecule has 10 N–H and O–H groups in total. The van der Waals surface area contributed by atoms with Crippen LogP contribution in [0.1, 0.15) is 95.8 Å². The van der Waals surface area contributed by atoms with Gasteiger partial charge in [-0.2, -0.15) is 0 Å². The van der Waals surface area contributed by atoms with Crippen LogP contribution >= 0.6 is 0 Å². The molecule has 1 saturated heterocycles. The number of primary amides is 1. The van der Waals surface area contributed by atoms with Crippen LogP contribution in [0, 0.1) is 35.8 Å². The number of aliphatic carboxylic acids is 1. The van der Waals surface area contributed by atoms with Crippen LogP contribution in [0.25, 0.3) is 11.3 Å². The molecule has 7 amide bonds. The number of aliphatic hydroxyl groups is 1. The molecule has 4 aromatic rings. The molecule has 1 fully saturated rings. The van der Waals surface area contributed by atoms with E-state index in [2.05, 4.69) is 21.3 Å². The normalized spacial score (nSPS) is 16.4. The van der Waals surface area contributed by atoms with E-state index in [1.165, 1.54) is 47.1 Å². The quantitative estimate of drug-likeness (QED) is 0.0416. The van der Waals surface area contributed by atoms with E-state index in [0.717, 1.165) is 5.56 Å². The molecule has 1 aromatic heterocycles. The van der Waals surface area contributed by atoms with Crippen LogP contribution in [0.5, 0.6) is 0 Å². The van der Waals surface area contributed by atoms with Crippen molar-refractivity contribution < 1.29 is 61.7 Å². The third kappa shape index (κ3) is 17.2. The Labute approximate surface area is 445 Å². The number of urea groups is 1. The Balaban J connectivity index is 1.28. The zero-order chi connectivity index (χ0) is 56.9. The number of hydrogen-bond acceptors (Lipinski definition) is 11. The third-order valence-corrected chi connectivity index (χ3v) is 13.0. The number of carbonyl (C=O) groups excluding carboxylic acids is 6. The first-order chi connectivity index (χ1) is 36.2. The number of imidazole rings is 1. The van der Waals surface area contributed by atoms with Crippen LogP contribution in [0.4, 0.5) is 28.4 Å². The Bertz CT molecular complexity index is 2730. The van der Waals surface area contributed by atoms with Crippen molar-refractivity contribution >= 4 is 47.4 Å². The van der Waals surface area contributed by atoms with Crippen LogP contribution in [0.15, 0.2) is 72.9 Å². The van der Waals surface area contributed by atoms with E-state index in [1.807, 2.05) is 20.8 Å². The second kappa shape index (κ2) is 27.0. The summed E-state index contributed by atoms with van der Waals surface area (Å²) in [5.41, 5.74) is 12.7. The molecule has 7 unspecified atom stereocenters. The van der Waals surface area contributed by atoms with E-state index in [-0.39, 0.29) is 82.1 Å². The minimum atomic E-state index is -1.63. The average Bonchev–Trinajstić information content (AvgIpc) is 3.94. The summed E-state index contributed by atoms with van der Waals surface area (Å²) in [6.07, 6.45) is -2.66. The van der Waals surface area contributed by atoms with E-state index >= 15 is 8.78 Å². The first kappa shape index (κ1) is 60.3. The second-order valence-corrected chi connectivity index (χ2v) is 20.8. The van der Waals surface area contributed by atoms with Crippen LogP contribution in [-0.4, -0.2) is 128 Å². The zero-order valence-corrected chi connectivity index (χ0v) is 44.4. The fraction of sp³-hybridized carbons (Fsp3) is 0.481. The summed E-state index contributed by atoms with van der Waals surface area (Å²) in [6, 6.07) is 11.4. The number of nitrogens with one attached hydrogen (secondary N) is 4. The van der Waals surface area contributed by atoms with E-state index in [0.29, 0.717) is 16.8 Å². The van der Waals surface area contributed by atoms with Gasteiger partial charge in [-0.15, -0.1) is 0 Å². The van der Waals surface area contributed by atoms with E-state index in [9.17, 15) is 43.1 Å². The smallest absolute Gasteiger partial charge is 0.410 e. The molecule has 5 rings (SSSR count). The molecule has 0 spiro atoms. The lowest BCUT2D eigenvalue weighted by molar-refractivity contribution is -0.146. The predicted octanol–water partition coefficient (Wildman–Crippen LogP) is 5.29. The monoisotopic (exact) mass is 1080 g/mol. The zero-order valence-electron chi connectivity index (χ0n) is 44.4. The number of anilines is 1. The SMILES string of the molecule is Cc1ccc(F)c(-c2cn(Cc3cccc(F)c3)c(C(N(CC3CN(C(=O)OCc4ccc(NC(=O)C(CCCNC(N)=O)NC(=O)C(NC(=O)C(N)CCC(=O)O)C(C)C)cc4)CC3F)C(=O)C(C)O)C(C)(C)C)n2)c1. The molecule has 1 aliphatic rings. The summed E-state index contributed by atoms with van der Waals surface area (Å²) >= 11 is 0. The molecule has 1 aliphatic heterocycles. The maximum Gasteiger partial charge on any atom is 0.410 e. The number of rotatable bonds is 24. The number of ether oxygens (including phenoxy) is 1. The lowest BCUT2D eigenvalue weighted by Crippen LogP contribution is -2.56. The predicted molar refractivity (Wildman–Crippen MR) is 279 cm³/mol. The molecule has 7 atom stereocenters. The number of nitrogens with two attached hydrogens (primary N) is 2. The van der Waals surface area contributed by atoms with Gasteiger partial charge in [-0.1, -0.05) is 70.5 Å². The molecule has 418 valence electrons. The number of hydrogen-bond donors (Lipinski definition) is 8. The molecule has 3 aromatic carbocycles. The number of carboxylic acids is 1. The lowest BCUT2D eigenvalue weighted by atomic mass is 9.84. The average molecular weight is 1080 g/mol. The van der Waals surface area contributed by atoms with Gasteiger partial charge in [0.25, 0.3) is 5.91 Å². The standard InChI is InChI=1S/C54H71F3N10O10/c1-30(2)45(64-48(71)41(58)19-20-44(69)70)50(73)63-42(12-9-21-60-52(59)75)49(72)61-37-16-14-33(15-17-37)29-77-53(76)66-25-35(40(57)27-66)26-67(51(74)32(4)68)46(54(5,6)7)47-62-43(38-22-31(3)13-18-39(38)56)28-65(47)24-34-10-8-11-36(55)23-34/h8,10-11,13-18,22-23,28,30,32,35,40-42,45-46,68H,9,12,19-21,24-27,29,58H2,1-7H3,(H,61,72)(H,63,73)(H,64,71)(H,69,70)(H3,59,60,75). The van der Waals surface area contributed by atoms with Crippen molar-refractivity contribution in [2.75, 3.05) is 31.5 Å². The number of nitrogens with zero attached hydrogens (tertiary/aromatic N) is 4. The molecule has 0 aliphatic carbocycles. The molecule has 20 nitrogen and oxygen atoms in total. The van der Waals surface area contributed by atoms with Gasteiger partial charge in [0.1, 0.15) is 48.4 Å². The number of aryl methyl sites for hydroxylation is 1. The molecular weight excluding hydrogens is 1010 g/mol. The fourth-order valence-corrected chi connectivity index (χ4v) is 8.94. The number of likely N-dealkylation sites (tertiary alicyclic amines) is 1. The number of carboxylic acid groups (broad SMARTS) is 1. The first-order valence-electron chi connectivity index (χ1n) is 25.4. The number of aromatic nitrogens is 2. The molecule has 2 heterocycles. The van der Waals surface area contributed by atoms with Crippen molar-refractivity contribution in [1.82, 2.24) is 35.3 Å². The highest BCUT2D eigenvalue weighted by molar-refractivity contribution is 5.98. The molecule has 23 heteroatoms. The summed E-state index contributed by atoms with van der Waals surface area (Å²) in [4.78, 5) is 97.3. The summed E-state index contributed by atoms with van der Waals surface area (Å²) in [6.45, 7) is 11.0. The number of alkyl halides is 1. The highest BCUT2D eigenvalue weighted by Crippen LogP contribution is 2.41. The Morgan fingerprint density at radius 1 is 0.909 bits per heavy atom. The molecule has 0 bridgehead atoms. The molecular formula is C54H71F3N10O10. The van der Waals surface area contributed by atoms with Gasteiger partial charge in [0.15, 0.2) is 0 Å². The molecule has 0 saturated carbocycles. The number of amides is 7. The van der Waals surface area contributed by atoms with Crippen molar-refractivity contribution in [3.63, 3.8) is 0 Å². The van der Waals surface area contributed by atoms with Gasteiger partial charge < -0.3 is 62.1 Å². The minimum absolute atomic E-state index is 0.0347. The summed E-state index contributed by atoms with van der Waals surface area (Å²) < 4.78 is 53.4. The molecule has 0 radical (unpaired) electrons. The molecule has 77 heavy (non-hydrogen) atoms. The van der Waals surface area contributed by atoms with Crippen molar-refractivity contribution in [3.05, 3.63) is 107 Å². The highest BCUT2D eigenvalue weighted by atomic mass is 19.1. The van der Waals surface area contributed by atoms with Gasteiger partial charge in [-0.05, 0) is 92.0 Å². The van der Waals surface area contributed by atoms with Gasteiger partial charge in [0.05, 0.1) is 24.3 Å². The van der Waals surface area contributed by atoms with Crippen molar-refractivity contribution in [1.29, 1.82) is 0 Å². The lowest BCUT2D eigenvalue weighted by Gasteiger charge is -2.41. The van der Waals surface area contributed by atoms with Crippen molar-refractivity contribution in [3.8, 4) is 11.3 Å². The maximum absolute atomic E-state index is 16.2. The van der Waals surface area contributed by atoms with Gasteiger partial charge in [0.2, 0.25) is 17.7 Å². The number of aliphatic hydroxyl groups excluding tert-OH is 1. The van der Waals surface area contributed by atoms with E-state index < -0.39 is 107 Å². The van der Waals surface area contributed by atoms with Crippen molar-refractivity contribution in [2.24, 2.45) is 28.7 Å². The number of halogens is 3. The minimum Gasteiger partial charge on any atom is -0.481 e. The Morgan fingerprint density at radius 2 is 1.61 bits per heavy atom. The van der Waals surface area contributed by atoms with E-state index in [4.69, 9.17) is 26.3 Å². The highest BCUT2D eigenvalue weighted by Gasteiger charge is 2.44. The van der Waals surface area contributed by atoms with Crippen LogP contribution in [-0.2, 0) is 41.9 Å². The van der Waals surface area contributed by atoms with Crippen molar-refractivity contribution in [2.45, 2.75) is 124 Å². The van der Waals surface area contributed by atoms with E-state index in [1.54, 1.807) is 67.9 Å². The van der Waals surface area contributed by atoms with Gasteiger partial charge in [-0.3, -0.25) is 24.0 Å². The Morgan fingerprint density at radius 3 is 2.23 bits per heavy atom. The number of carbonyl (C=O) groups is 7. The largest absolute Gasteiger partial charge is 0.481 e. The number of benzene rings is 3. The summed E-state index contributed by atoms with van der Waals surface area (Å²) in [5, 5.41) is 30.1. The topological polar surface area (TPSA) is 294 Å². The fourth-order valence-electron chi connectivity index (χ4n) is 8.94. The summed E-state index contributed by atoms with van der Waals surface area (Å²) in [7, 11) is 0. The van der Waals surface area contributed by atoms with Crippen LogP contribution in [0.3, 0.4) is 0 Å².